The maximum absolute atomic E-state index is 12.8. The molecule has 5 rings (SSSR count). The minimum absolute atomic E-state index is 0.124. The summed E-state index contributed by atoms with van der Waals surface area (Å²) < 4.78 is 4.80. The van der Waals surface area contributed by atoms with E-state index in [0.29, 0.717) is 36.8 Å². The zero-order valence-electron chi connectivity index (χ0n) is 16.5. The van der Waals surface area contributed by atoms with Crippen LogP contribution in [0.25, 0.3) is 0 Å². The second-order valence-corrected chi connectivity index (χ2v) is 8.21. The molecule has 9 nitrogen and oxygen atoms in total. The topological polar surface area (TPSA) is 109 Å². The van der Waals surface area contributed by atoms with Gasteiger partial charge in [0.15, 0.2) is 5.82 Å². The van der Waals surface area contributed by atoms with Crippen molar-refractivity contribution in [3.63, 3.8) is 0 Å². The summed E-state index contributed by atoms with van der Waals surface area (Å²) in [5, 5.41) is 6.22. The molecule has 30 heavy (non-hydrogen) atoms. The monoisotopic (exact) mass is 409 g/mol. The van der Waals surface area contributed by atoms with Crippen LogP contribution >= 0.6 is 0 Å². The van der Waals surface area contributed by atoms with E-state index < -0.39 is 6.04 Å². The fourth-order valence-electron chi connectivity index (χ4n) is 4.73. The molecule has 9 heteroatoms. The molecule has 2 aromatic rings. The van der Waals surface area contributed by atoms with Crippen molar-refractivity contribution >= 4 is 17.7 Å². The summed E-state index contributed by atoms with van der Waals surface area (Å²) in [7, 11) is 0. The molecule has 3 aliphatic rings. The van der Waals surface area contributed by atoms with Crippen LogP contribution in [0.2, 0.25) is 0 Å². The van der Waals surface area contributed by atoms with Crippen LogP contribution in [0.15, 0.2) is 29.1 Å². The maximum atomic E-state index is 12.8. The third-order valence-electron chi connectivity index (χ3n) is 6.38. The van der Waals surface area contributed by atoms with Crippen molar-refractivity contribution in [1.29, 1.82) is 0 Å². The van der Waals surface area contributed by atoms with Crippen LogP contribution in [-0.4, -0.2) is 56.8 Å². The Balaban J connectivity index is 1.25. The lowest BCUT2D eigenvalue weighted by molar-refractivity contribution is -0.136. The Kier molecular flexibility index (Phi) is 4.82. The first-order chi connectivity index (χ1) is 14.6. The van der Waals surface area contributed by atoms with E-state index in [2.05, 4.69) is 26.4 Å². The summed E-state index contributed by atoms with van der Waals surface area (Å²) in [5.74, 6) is 0.380. The van der Waals surface area contributed by atoms with Crippen molar-refractivity contribution < 1.29 is 18.9 Å². The van der Waals surface area contributed by atoms with E-state index in [1.54, 1.807) is 4.90 Å². The highest BCUT2D eigenvalue weighted by Gasteiger charge is 2.39. The summed E-state index contributed by atoms with van der Waals surface area (Å²) in [4.78, 5) is 44.5. The number of benzene rings is 1. The minimum Gasteiger partial charge on any atom is -0.343 e. The molecule has 0 radical (unpaired) electrons. The molecule has 0 bridgehead atoms. The van der Waals surface area contributed by atoms with Gasteiger partial charge in [0.05, 0.1) is 6.54 Å². The molecule has 4 heterocycles. The Morgan fingerprint density at radius 2 is 1.97 bits per heavy atom. The molecule has 1 aromatic carbocycles. The molecule has 0 saturated carbocycles. The van der Waals surface area contributed by atoms with Gasteiger partial charge in [0.1, 0.15) is 6.04 Å². The van der Waals surface area contributed by atoms with Gasteiger partial charge < -0.3 is 9.42 Å². The maximum Gasteiger partial charge on any atom is 0.255 e. The first kappa shape index (κ1) is 18.9. The number of hydrogen-bond donors (Lipinski definition) is 1. The Morgan fingerprint density at radius 1 is 1.13 bits per heavy atom. The van der Waals surface area contributed by atoms with Crippen LogP contribution in [0.1, 0.15) is 58.9 Å². The van der Waals surface area contributed by atoms with Gasteiger partial charge in [-0.15, -0.1) is 0 Å². The Labute approximate surface area is 173 Å². The van der Waals surface area contributed by atoms with Crippen LogP contribution in [-0.2, 0) is 22.7 Å². The number of piperidine rings is 2. The van der Waals surface area contributed by atoms with E-state index in [1.807, 2.05) is 12.1 Å². The Hall–Kier alpha value is -3.07. The van der Waals surface area contributed by atoms with Crippen LogP contribution < -0.4 is 5.32 Å². The van der Waals surface area contributed by atoms with Crippen LogP contribution in [0.3, 0.4) is 0 Å². The summed E-state index contributed by atoms with van der Waals surface area (Å²) >= 11 is 0. The zero-order valence-corrected chi connectivity index (χ0v) is 16.5. The van der Waals surface area contributed by atoms with Gasteiger partial charge >= 0.3 is 0 Å². The average molecular weight is 409 g/mol. The molecular formula is C21H23N5O4. The lowest BCUT2D eigenvalue weighted by atomic mass is 9.88. The molecule has 1 aromatic heterocycles. The number of hydrogen-bond acceptors (Lipinski definition) is 7. The van der Waals surface area contributed by atoms with Crippen molar-refractivity contribution in [2.45, 2.75) is 50.7 Å². The number of nitrogens with zero attached hydrogens (tertiary/aromatic N) is 4. The second-order valence-electron chi connectivity index (χ2n) is 8.21. The molecule has 1 N–H and O–H groups in total. The van der Waals surface area contributed by atoms with E-state index >= 15 is 0 Å². The zero-order chi connectivity index (χ0) is 20.7. The van der Waals surface area contributed by atoms with E-state index in [0.717, 1.165) is 31.5 Å². The number of rotatable bonds is 4. The van der Waals surface area contributed by atoms with E-state index in [1.165, 1.54) is 12.0 Å². The molecule has 1 atom stereocenters. The molecule has 156 valence electrons. The van der Waals surface area contributed by atoms with Gasteiger partial charge in [-0.3, -0.25) is 24.6 Å². The number of imide groups is 1. The van der Waals surface area contributed by atoms with E-state index in [4.69, 9.17) is 4.52 Å². The molecule has 0 aliphatic carbocycles. The standard InChI is InChI=1S/C21H23N5O4/c27-19-4-3-17(20(28)23-19)26-10-15-9-14(1-2-16(15)21(26)29)13-5-7-25(8-6-13)11-18-22-12-30-24-18/h1-2,9,12-13,17H,3-8,10-11H2,(H,23,27,28). The number of nitrogens with one attached hydrogen (secondary N) is 1. The van der Waals surface area contributed by atoms with Crippen LogP contribution in [0.4, 0.5) is 0 Å². The van der Waals surface area contributed by atoms with Gasteiger partial charge in [-0.2, -0.15) is 4.98 Å². The first-order valence-corrected chi connectivity index (χ1v) is 10.3. The normalized spacial score (nSPS) is 23.0. The van der Waals surface area contributed by atoms with Crippen molar-refractivity contribution in [2.75, 3.05) is 13.1 Å². The number of aromatic nitrogens is 2. The summed E-state index contributed by atoms with van der Waals surface area (Å²) in [6.45, 7) is 3.03. The van der Waals surface area contributed by atoms with Gasteiger partial charge in [0.2, 0.25) is 18.2 Å². The third kappa shape index (κ3) is 3.49. The molecule has 1 unspecified atom stereocenters. The van der Waals surface area contributed by atoms with Crippen molar-refractivity contribution in [2.24, 2.45) is 0 Å². The number of amides is 3. The van der Waals surface area contributed by atoms with Gasteiger partial charge in [0.25, 0.3) is 5.91 Å². The quantitative estimate of drug-likeness (QED) is 0.756. The van der Waals surface area contributed by atoms with Gasteiger partial charge in [-0.25, -0.2) is 0 Å². The fraction of sp³-hybridized carbons (Fsp3) is 0.476. The number of fused-ring (bicyclic) bond motifs is 1. The van der Waals surface area contributed by atoms with Gasteiger partial charge in [-0.1, -0.05) is 17.3 Å². The molecule has 3 amide bonds. The van der Waals surface area contributed by atoms with Crippen LogP contribution in [0, 0.1) is 0 Å². The molecule has 0 spiro atoms. The summed E-state index contributed by atoms with van der Waals surface area (Å²) in [6, 6.07) is 5.49. The molecule has 3 aliphatic heterocycles. The van der Waals surface area contributed by atoms with Gasteiger partial charge in [0, 0.05) is 18.5 Å². The number of carbonyl (C=O) groups is 3. The molecule has 2 saturated heterocycles. The predicted molar refractivity (Wildman–Crippen MR) is 104 cm³/mol. The molecular weight excluding hydrogens is 386 g/mol. The fourth-order valence-corrected chi connectivity index (χ4v) is 4.73. The molecule has 2 fully saturated rings. The van der Waals surface area contributed by atoms with Crippen LogP contribution in [0.5, 0.6) is 0 Å². The van der Waals surface area contributed by atoms with E-state index in [-0.39, 0.29) is 24.1 Å². The minimum atomic E-state index is -0.570. The number of likely N-dealkylation sites (tertiary alicyclic amines) is 1. The van der Waals surface area contributed by atoms with Crippen molar-refractivity contribution in [1.82, 2.24) is 25.3 Å². The second kappa shape index (κ2) is 7.64. The summed E-state index contributed by atoms with van der Waals surface area (Å²) in [5.41, 5.74) is 2.88. The Bertz CT molecular complexity index is 981. The lowest BCUT2D eigenvalue weighted by Gasteiger charge is -2.31. The van der Waals surface area contributed by atoms with Crippen molar-refractivity contribution in [3.05, 3.63) is 47.1 Å². The first-order valence-electron chi connectivity index (χ1n) is 10.3. The highest BCUT2D eigenvalue weighted by molar-refractivity contribution is 6.05. The number of carbonyl (C=O) groups excluding carboxylic acids is 3. The highest BCUT2D eigenvalue weighted by Crippen LogP contribution is 2.33. The average Bonchev–Trinajstić information content (AvgIpc) is 3.36. The predicted octanol–water partition coefficient (Wildman–Crippen LogP) is 1.21. The SMILES string of the molecule is O=C1CCC(N2Cc3cc(C4CCN(Cc5ncon5)CC4)ccc3C2=O)C(=O)N1. The smallest absolute Gasteiger partial charge is 0.255 e. The Morgan fingerprint density at radius 3 is 2.70 bits per heavy atom. The lowest BCUT2D eigenvalue weighted by Crippen LogP contribution is -2.52. The third-order valence-corrected chi connectivity index (χ3v) is 6.38. The summed E-state index contributed by atoms with van der Waals surface area (Å²) in [6.07, 6.45) is 4.06. The highest BCUT2D eigenvalue weighted by atomic mass is 16.5. The largest absolute Gasteiger partial charge is 0.343 e. The van der Waals surface area contributed by atoms with Crippen molar-refractivity contribution in [3.8, 4) is 0 Å². The van der Waals surface area contributed by atoms with E-state index in [9.17, 15) is 14.4 Å². The van der Waals surface area contributed by atoms with Gasteiger partial charge in [-0.05, 0) is 55.5 Å².